The van der Waals surface area contributed by atoms with Crippen LogP contribution in [0.4, 0.5) is 11.6 Å². The number of morpholine rings is 1. The van der Waals surface area contributed by atoms with E-state index in [0.29, 0.717) is 56.7 Å². The number of rotatable bonds is 6. The summed E-state index contributed by atoms with van der Waals surface area (Å²) in [5.41, 5.74) is 0. The molecular formula is C21H29N5O5S. The summed E-state index contributed by atoms with van der Waals surface area (Å²) in [4.78, 5) is 13.6. The van der Waals surface area contributed by atoms with Crippen LogP contribution in [0.5, 0.6) is 11.5 Å². The van der Waals surface area contributed by atoms with E-state index in [1.807, 2.05) is 13.0 Å². The number of aromatic nitrogens is 2. The fraction of sp³-hybridized carbons (Fsp3) is 0.524. The first kappa shape index (κ1) is 22.6. The monoisotopic (exact) mass is 463 g/mol. The number of benzene rings is 1. The van der Waals surface area contributed by atoms with Crippen molar-refractivity contribution >= 4 is 21.7 Å². The summed E-state index contributed by atoms with van der Waals surface area (Å²) >= 11 is 0. The third-order valence-corrected chi connectivity index (χ3v) is 7.62. The second-order valence-corrected chi connectivity index (χ2v) is 9.55. The number of hydrogen-bond acceptors (Lipinski definition) is 9. The molecule has 2 aromatic rings. The first-order chi connectivity index (χ1) is 15.4. The van der Waals surface area contributed by atoms with Gasteiger partial charge < -0.3 is 24.0 Å². The van der Waals surface area contributed by atoms with Gasteiger partial charge in [0.2, 0.25) is 10.0 Å². The topological polar surface area (TPSA) is 97.3 Å². The summed E-state index contributed by atoms with van der Waals surface area (Å²) in [6.07, 6.45) is 0. The molecule has 0 bridgehead atoms. The van der Waals surface area contributed by atoms with Crippen molar-refractivity contribution in [1.82, 2.24) is 14.3 Å². The minimum atomic E-state index is -3.73. The third kappa shape index (κ3) is 4.59. The fourth-order valence-electron chi connectivity index (χ4n) is 3.94. The Balaban J connectivity index is 1.50. The molecule has 2 aliphatic rings. The molecule has 0 radical (unpaired) electrons. The highest BCUT2D eigenvalue weighted by Crippen LogP contribution is 2.31. The lowest BCUT2D eigenvalue weighted by molar-refractivity contribution is 0.122. The molecule has 1 aromatic heterocycles. The van der Waals surface area contributed by atoms with Crippen molar-refractivity contribution in [2.45, 2.75) is 11.8 Å². The van der Waals surface area contributed by atoms with E-state index in [4.69, 9.17) is 14.2 Å². The van der Waals surface area contributed by atoms with E-state index < -0.39 is 10.0 Å². The molecule has 0 saturated carbocycles. The van der Waals surface area contributed by atoms with Crippen LogP contribution in [0, 0.1) is 6.92 Å². The maximum atomic E-state index is 13.3. The molecule has 174 valence electrons. The zero-order valence-electron chi connectivity index (χ0n) is 18.7. The van der Waals surface area contributed by atoms with Crippen molar-refractivity contribution in [3.8, 4) is 11.5 Å². The molecule has 1 aromatic carbocycles. The number of methoxy groups -OCH3 is 2. The van der Waals surface area contributed by atoms with Gasteiger partial charge in [0.25, 0.3) is 0 Å². The van der Waals surface area contributed by atoms with Crippen LogP contribution >= 0.6 is 0 Å². The molecule has 4 rings (SSSR count). The molecule has 0 amide bonds. The molecule has 32 heavy (non-hydrogen) atoms. The van der Waals surface area contributed by atoms with Crippen LogP contribution in [0.1, 0.15) is 5.82 Å². The number of anilines is 2. The molecule has 0 atom stereocenters. The minimum Gasteiger partial charge on any atom is -0.497 e. The first-order valence-corrected chi connectivity index (χ1v) is 12.0. The second-order valence-electron chi connectivity index (χ2n) is 7.64. The van der Waals surface area contributed by atoms with Crippen LogP contribution in [-0.2, 0) is 14.8 Å². The van der Waals surface area contributed by atoms with Gasteiger partial charge in [0.1, 0.15) is 33.9 Å². The third-order valence-electron chi connectivity index (χ3n) is 5.70. The summed E-state index contributed by atoms with van der Waals surface area (Å²) in [6, 6.07) is 6.77. The van der Waals surface area contributed by atoms with Gasteiger partial charge in [0.05, 0.1) is 27.4 Å². The number of hydrogen-bond donors (Lipinski definition) is 0. The van der Waals surface area contributed by atoms with Crippen molar-refractivity contribution in [1.29, 1.82) is 0 Å². The Kier molecular flexibility index (Phi) is 6.68. The van der Waals surface area contributed by atoms with Crippen molar-refractivity contribution in [3.63, 3.8) is 0 Å². The second kappa shape index (κ2) is 9.47. The maximum Gasteiger partial charge on any atom is 0.247 e. The largest absolute Gasteiger partial charge is 0.497 e. The highest BCUT2D eigenvalue weighted by molar-refractivity contribution is 7.89. The Morgan fingerprint density at radius 1 is 0.875 bits per heavy atom. The summed E-state index contributed by atoms with van der Waals surface area (Å²) < 4.78 is 44.1. The van der Waals surface area contributed by atoms with E-state index in [0.717, 1.165) is 24.7 Å². The molecule has 2 saturated heterocycles. The summed E-state index contributed by atoms with van der Waals surface area (Å²) in [6.45, 7) is 6.59. The van der Waals surface area contributed by atoms with Crippen LogP contribution in [0.15, 0.2) is 29.2 Å². The van der Waals surface area contributed by atoms with E-state index in [1.54, 1.807) is 12.1 Å². The first-order valence-electron chi connectivity index (χ1n) is 10.6. The quantitative estimate of drug-likeness (QED) is 0.625. The number of sulfonamides is 1. The summed E-state index contributed by atoms with van der Waals surface area (Å²) in [7, 11) is -0.763. The van der Waals surface area contributed by atoms with E-state index in [1.165, 1.54) is 24.6 Å². The molecule has 0 N–H and O–H groups in total. The van der Waals surface area contributed by atoms with Crippen LogP contribution in [-0.4, -0.2) is 89.4 Å². The molecule has 11 heteroatoms. The van der Waals surface area contributed by atoms with Crippen LogP contribution in [0.3, 0.4) is 0 Å². The predicted octanol–water partition coefficient (Wildman–Crippen LogP) is 1.15. The number of piperazine rings is 1. The van der Waals surface area contributed by atoms with Crippen molar-refractivity contribution in [2.24, 2.45) is 0 Å². The van der Waals surface area contributed by atoms with Gasteiger partial charge in [-0.1, -0.05) is 0 Å². The standard InChI is InChI=1S/C21H29N5O5S/c1-16-22-20(15-21(23-16)25-10-12-31-13-11-25)24-6-8-26(9-7-24)32(27,28)19-14-17(29-2)4-5-18(19)30-3/h4-5,14-15H,6-13H2,1-3H3. The van der Waals surface area contributed by atoms with Gasteiger partial charge in [0, 0.05) is 51.4 Å². The van der Waals surface area contributed by atoms with Crippen LogP contribution in [0.2, 0.25) is 0 Å². The Bertz CT molecular complexity index is 1050. The van der Waals surface area contributed by atoms with Crippen molar-refractivity contribution in [3.05, 3.63) is 30.1 Å². The summed E-state index contributed by atoms with van der Waals surface area (Å²) in [5, 5.41) is 0. The van der Waals surface area contributed by atoms with Gasteiger partial charge in [-0.2, -0.15) is 4.31 Å². The van der Waals surface area contributed by atoms with Crippen molar-refractivity contribution in [2.75, 3.05) is 76.5 Å². The molecular weight excluding hydrogens is 434 g/mol. The highest BCUT2D eigenvalue weighted by Gasteiger charge is 2.32. The lowest BCUT2D eigenvalue weighted by atomic mass is 10.3. The Morgan fingerprint density at radius 3 is 2.09 bits per heavy atom. The molecule has 10 nitrogen and oxygen atoms in total. The average Bonchev–Trinajstić information content (AvgIpc) is 2.83. The minimum absolute atomic E-state index is 0.111. The fourth-order valence-corrected chi connectivity index (χ4v) is 5.53. The van der Waals surface area contributed by atoms with Gasteiger partial charge in [-0.05, 0) is 19.1 Å². The zero-order chi connectivity index (χ0) is 22.7. The highest BCUT2D eigenvalue weighted by atomic mass is 32.2. The SMILES string of the molecule is COc1ccc(OC)c(S(=O)(=O)N2CCN(c3cc(N4CCOCC4)nc(C)n3)CC2)c1. The zero-order valence-corrected chi connectivity index (χ0v) is 19.5. The molecule has 0 spiro atoms. The maximum absolute atomic E-state index is 13.3. The molecule has 2 aliphatic heterocycles. The van der Waals surface area contributed by atoms with Gasteiger partial charge in [-0.15, -0.1) is 0 Å². The van der Waals surface area contributed by atoms with Gasteiger partial charge in [-0.25, -0.2) is 18.4 Å². The molecule has 2 fully saturated rings. The molecule has 0 aliphatic carbocycles. The van der Waals surface area contributed by atoms with E-state index >= 15 is 0 Å². The molecule has 3 heterocycles. The van der Waals surface area contributed by atoms with Crippen molar-refractivity contribution < 1.29 is 22.6 Å². The van der Waals surface area contributed by atoms with E-state index in [2.05, 4.69) is 19.8 Å². The van der Waals surface area contributed by atoms with Crippen LogP contribution < -0.4 is 19.3 Å². The lowest BCUT2D eigenvalue weighted by Crippen LogP contribution is -2.49. The number of aryl methyl sites for hydroxylation is 1. The Hall–Kier alpha value is -2.63. The van der Waals surface area contributed by atoms with Crippen LogP contribution in [0.25, 0.3) is 0 Å². The Morgan fingerprint density at radius 2 is 1.50 bits per heavy atom. The molecule has 0 unspecified atom stereocenters. The van der Waals surface area contributed by atoms with Gasteiger partial charge in [0.15, 0.2) is 0 Å². The average molecular weight is 464 g/mol. The van der Waals surface area contributed by atoms with E-state index in [-0.39, 0.29) is 4.90 Å². The predicted molar refractivity (Wildman–Crippen MR) is 120 cm³/mol. The Labute approximate surface area is 188 Å². The van der Waals surface area contributed by atoms with Gasteiger partial charge in [-0.3, -0.25) is 0 Å². The normalized spacial score (nSPS) is 18.0. The number of nitrogens with zero attached hydrogens (tertiary/aromatic N) is 5. The summed E-state index contributed by atoms with van der Waals surface area (Å²) in [5.74, 6) is 3.16. The lowest BCUT2D eigenvalue weighted by Gasteiger charge is -2.35. The number of ether oxygens (including phenoxy) is 3. The smallest absolute Gasteiger partial charge is 0.247 e. The van der Waals surface area contributed by atoms with Gasteiger partial charge >= 0.3 is 0 Å². The van der Waals surface area contributed by atoms with E-state index in [9.17, 15) is 8.42 Å².